The Morgan fingerprint density at radius 3 is 2.44 bits per heavy atom. The monoisotopic (exact) mass is 371 g/mol. The minimum atomic E-state index is -0.347. The topological polar surface area (TPSA) is 75.4 Å². The van der Waals surface area contributed by atoms with Crippen molar-refractivity contribution >= 4 is 28.2 Å². The van der Waals surface area contributed by atoms with E-state index in [2.05, 4.69) is 15.6 Å². The van der Waals surface area contributed by atoms with Gasteiger partial charge in [0, 0.05) is 48.9 Å². The van der Waals surface area contributed by atoms with Crippen molar-refractivity contribution in [2.45, 2.75) is 13.3 Å². The molecule has 1 amide bonds. The zero-order chi connectivity index (χ0) is 19.4. The first-order valence-corrected chi connectivity index (χ1v) is 8.54. The van der Waals surface area contributed by atoms with E-state index in [1.54, 1.807) is 32.4 Å². The number of carbonyl (C=O) groups excluding carboxylic acids is 1. The van der Waals surface area contributed by atoms with Gasteiger partial charge in [0.2, 0.25) is 5.91 Å². The van der Waals surface area contributed by atoms with Crippen molar-refractivity contribution in [2.75, 3.05) is 26.1 Å². The van der Waals surface area contributed by atoms with Crippen LogP contribution >= 0.6 is 0 Å². The first kappa shape index (κ1) is 18.6. The number of ether oxygens (including phenoxy) is 2. The Labute approximate surface area is 156 Å². The highest BCUT2D eigenvalue weighted by Gasteiger charge is 2.12. The molecule has 142 valence electrons. The number of fused-ring (bicyclic) bond motifs is 1. The Bertz CT molecular complexity index is 946. The molecule has 1 heterocycles. The third-order valence-corrected chi connectivity index (χ3v) is 4.24. The molecule has 0 aliphatic carbocycles. The molecule has 3 aromatic rings. The number of hydrogen-bond donors (Lipinski definition) is 3. The predicted octanol–water partition coefficient (Wildman–Crippen LogP) is 3.75. The summed E-state index contributed by atoms with van der Waals surface area (Å²) >= 11 is 0. The number of carbonyl (C=O) groups is 1. The average molecular weight is 371 g/mol. The number of anilines is 2. The zero-order valence-corrected chi connectivity index (χ0v) is 15.5. The second kappa shape index (κ2) is 7.99. The molecule has 2 aromatic carbocycles. The molecule has 0 aliphatic heterocycles. The number of aromatic amines is 1. The second-order valence-electron chi connectivity index (χ2n) is 6.15. The first-order valence-electron chi connectivity index (χ1n) is 8.54. The fraction of sp³-hybridized carbons (Fsp3) is 0.250. The summed E-state index contributed by atoms with van der Waals surface area (Å²) in [4.78, 5) is 14.2. The smallest absolute Gasteiger partial charge is 0.216 e. The number of hydrogen-bond acceptors (Lipinski definition) is 4. The minimum Gasteiger partial charge on any atom is -0.497 e. The van der Waals surface area contributed by atoms with Gasteiger partial charge >= 0.3 is 0 Å². The summed E-state index contributed by atoms with van der Waals surface area (Å²) in [6.07, 6.45) is 2.44. The van der Waals surface area contributed by atoms with Crippen molar-refractivity contribution in [3.63, 3.8) is 0 Å². The van der Waals surface area contributed by atoms with Crippen LogP contribution in [0.2, 0.25) is 0 Å². The van der Waals surface area contributed by atoms with Gasteiger partial charge in [-0.2, -0.15) is 0 Å². The van der Waals surface area contributed by atoms with E-state index in [9.17, 15) is 9.18 Å². The van der Waals surface area contributed by atoms with Gasteiger partial charge in [-0.1, -0.05) is 0 Å². The van der Waals surface area contributed by atoms with Crippen LogP contribution in [0.1, 0.15) is 12.5 Å². The van der Waals surface area contributed by atoms with Crippen molar-refractivity contribution in [3.8, 4) is 11.5 Å². The van der Waals surface area contributed by atoms with E-state index >= 15 is 0 Å². The molecule has 0 fully saturated rings. The number of benzene rings is 2. The lowest BCUT2D eigenvalue weighted by molar-refractivity contribution is -0.118. The van der Waals surface area contributed by atoms with Gasteiger partial charge in [-0.25, -0.2) is 4.39 Å². The molecule has 0 saturated heterocycles. The summed E-state index contributed by atoms with van der Waals surface area (Å²) in [7, 11) is 3.15. The zero-order valence-electron chi connectivity index (χ0n) is 15.5. The van der Waals surface area contributed by atoms with Gasteiger partial charge in [0.25, 0.3) is 0 Å². The highest BCUT2D eigenvalue weighted by Crippen LogP contribution is 2.32. The summed E-state index contributed by atoms with van der Waals surface area (Å²) < 4.78 is 24.8. The van der Waals surface area contributed by atoms with Crippen LogP contribution in [0, 0.1) is 5.82 Å². The number of methoxy groups -OCH3 is 2. The van der Waals surface area contributed by atoms with Gasteiger partial charge in [0.1, 0.15) is 17.3 Å². The van der Waals surface area contributed by atoms with Crippen LogP contribution in [0.15, 0.2) is 36.5 Å². The quantitative estimate of drug-likeness (QED) is 0.591. The molecule has 0 saturated carbocycles. The molecule has 0 unspecified atom stereocenters. The Balaban J connectivity index is 1.93. The summed E-state index contributed by atoms with van der Waals surface area (Å²) in [6, 6.07) is 8.30. The molecule has 7 heteroatoms. The van der Waals surface area contributed by atoms with Crippen LogP contribution in [0.3, 0.4) is 0 Å². The lowest BCUT2D eigenvalue weighted by Gasteiger charge is -2.12. The Morgan fingerprint density at radius 1 is 1.11 bits per heavy atom. The van der Waals surface area contributed by atoms with Crippen molar-refractivity contribution in [3.05, 3.63) is 47.9 Å². The van der Waals surface area contributed by atoms with Crippen LogP contribution in [0.25, 0.3) is 10.9 Å². The lowest BCUT2D eigenvalue weighted by Crippen LogP contribution is -2.22. The molecule has 0 radical (unpaired) electrons. The predicted molar refractivity (Wildman–Crippen MR) is 103 cm³/mol. The summed E-state index contributed by atoms with van der Waals surface area (Å²) in [5.74, 6) is 0.828. The molecule has 6 nitrogen and oxygen atoms in total. The van der Waals surface area contributed by atoms with E-state index < -0.39 is 0 Å². The van der Waals surface area contributed by atoms with Gasteiger partial charge < -0.3 is 25.1 Å². The molecule has 1 aromatic heterocycles. The van der Waals surface area contributed by atoms with Gasteiger partial charge in [-0.05, 0) is 24.1 Å². The number of amides is 1. The highest BCUT2D eigenvalue weighted by atomic mass is 19.1. The normalized spacial score (nSPS) is 10.7. The highest BCUT2D eigenvalue weighted by molar-refractivity contribution is 5.95. The average Bonchev–Trinajstić information content (AvgIpc) is 3.04. The van der Waals surface area contributed by atoms with E-state index in [1.807, 2.05) is 6.20 Å². The fourth-order valence-electron chi connectivity index (χ4n) is 2.97. The number of H-pyrrole nitrogens is 1. The van der Waals surface area contributed by atoms with Gasteiger partial charge in [-0.15, -0.1) is 0 Å². The van der Waals surface area contributed by atoms with Gasteiger partial charge in [0.05, 0.1) is 25.4 Å². The molecule has 0 bridgehead atoms. The maximum atomic E-state index is 14.2. The number of halogens is 1. The third-order valence-electron chi connectivity index (χ3n) is 4.24. The van der Waals surface area contributed by atoms with Crippen molar-refractivity contribution in [2.24, 2.45) is 0 Å². The Kier molecular flexibility index (Phi) is 5.49. The number of aromatic nitrogens is 1. The molecular formula is C20H22FN3O3. The van der Waals surface area contributed by atoms with E-state index in [4.69, 9.17) is 9.47 Å². The van der Waals surface area contributed by atoms with Crippen LogP contribution in [0.5, 0.6) is 11.5 Å². The second-order valence-corrected chi connectivity index (χ2v) is 6.15. The first-order chi connectivity index (χ1) is 13.0. The maximum Gasteiger partial charge on any atom is 0.216 e. The van der Waals surface area contributed by atoms with E-state index in [0.29, 0.717) is 35.8 Å². The molecule has 0 spiro atoms. The van der Waals surface area contributed by atoms with E-state index in [1.165, 1.54) is 19.1 Å². The van der Waals surface area contributed by atoms with Crippen LogP contribution in [0.4, 0.5) is 15.8 Å². The fourth-order valence-corrected chi connectivity index (χ4v) is 2.97. The third kappa shape index (κ3) is 4.31. The number of rotatable bonds is 7. The summed E-state index contributed by atoms with van der Waals surface area (Å²) in [5.41, 5.74) is 3.04. The molecular weight excluding hydrogens is 349 g/mol. The van der Waals surface area contributed by atoms with Crippen molar-refractivity contribution < 1.29 is 18.7 Å². The minimum absolute atomic E-state index is 0.0876. The Hall–Kier alpha value is -3.22. The molecule has 0 atom stereocenters. The van der Waals surface area contributed by atoms with Gasteiger partial charge in [0.15, 0.2) is 0 Å². The van der Waals surface area contributed by atoms with Gasteiger partial charge in [-0.3, -0.25) is 4.79 Å². The van der Waals surface area contributed by atoms with E-state index in [-0.39, 0.29) is 11.7 Å². The molecule has 3 rings (SSSR count). The number of nitrogens with one attached hydrogen (secondary N) is 3. The largest absolute Gasteiger partial charge is 0.497 e. The summed E-state index contributed by atoms with van der Waals surface area (Å²) in [5, 5.41) is 6.75. The lowest BCUT2D eigenvalue weighted by atomic mass is 10.1. The summed E-state index contributed by atoms with van der Waals surface area (Å²) in [6.45, 7) is 1.97. The van der Waals surface area contributed by atoms with Crippen molar-refractivity contribution in [1.82, 2.24) is 10.3 Å². The maximum absolute atomic E-state index is 14.2. The molecule has 3 N–H and O–H groups in total. The standard InChI is InChI=1S/C20H22FN3O3/c1-12(25)22-5-4-13-11-23-20-18(13)6-14(21)7-19(20)24-15-8-16(26-2)10-17(9-15)27-3/h6-11,23-24H,4-5H2,1-3H3,(H,22,25). The Morgan fingerprint density at radius 2 is 1.81 bits per heavy atom. The van der Waals surface area contributed by atoms with Crippen LogP contribution in [-0.4, -0.2) is 31.7 Å². The van der Waals surface area contributed by atoms with E-state index in [0.717, 1.165) is 16.5 Å². The van der Waals surface area contributed by atoms with Crippen LogP contribution in [-0.2, 0) is 11.2 Å². The molecule has 27 heavy (non-hydrogen) atoms. The van der Waals surface area contributed by atoms with Crippen LogP contribution < -0.4 is 20.1 Å². The van der Waals surface area contributed by atoms with Crippen molar-refractivity contribution in [1.29, 1.82) is 0 Å². The SMILES string of the molecule is COc1cc(Nc2cc(F)cc3c(CCNC(C)=O)c[nH]c23)cc(OC)c1. The molecule has 0 aliphatic rings.